The third-order valence-electron chi connectivity index (χ3n) is 12.4. The van der Waals surface area contributed by atoms with E-state index in [1.165, 1.54) is 0 Å². The molecule has 0 atom stereocenters. The Morgan fingerprint density at radius 1 is 0.214 bits per heavy atom. The molecule has 0 fully saturated rings. The fourth-order valence-electron chi connectivity index (χ4n) is 8.58. The molecule has 0 unspecified atom stereocenters. The third-order valence-corrected chi connectivity index (χ3v) is 28.5. The van der Waals surface area contributed by atoms with Crippen LogP contribution in [0.2, 0.25) is 0 Å². The van der Waals surface area contributed by atoms with Crippen LogP contribution in [0.5, 0.6) is 0 Å². The van der Waals surface area contributed by atoms with Crippen molar-refractivity contribution < 1.29 is 38.4 Å². The summed E-state index contributed by atoms with van der Waals surface area (Å²) in [6.07, 6.45) is 0. The summed E-state index contributed by atoms with van der Waals surface area (Å²) in [4.78, 5) is 115. The van der Waals surface area contributed by atoms with Crippen molar-refractivity contribution in [1.82, 2.24) is 0 Å². The molecule has 8 aromatic rings. The zero-order valence-corrected chi connectivity index (χ0v) is 43.2. The first kappa shape index (κ1) is 50.1. The van der Waals surface area contributed by atoms with Crippen molar-refractivity contribution in [3.8, 4) is 0 Å². The average Bonchev–Trinajstić information content (AvgIpc) is 3.40. The SMILES string of the molecule is Cc1ccccc1[C](=O)[Ge]([C](=O)c1ccccc1C)([C](=O)c1ccccc1C)[C](=O)c1ccccc1C.O=[C](c1ccccc1)[Ge]([C](=O)c1ccccc1)([C](=O)c1ccccc1)[C](=O)c1ccccc1. The predicted octanol–water partition coefficient (Wildman–Crippen LogP) is 11.5. The van der Waals surface area contributed by atoms with E-state index in [4.69, 9.17) is 0 Å². The summed E-state index contributed by atoms with van der Waals surface area (Å²) in [5, 5.41) is 0. The van der Waals surface area contributed by atoms with Crippen LogP contribution in [0.25, 0.3) is 0 Å². The van der Waals surface area contributed by atoms with Crippen molar-refractivity contribution in [1.29, 1.82) is 0 Å². The first-order chi connectivity index (χ1) is 33.8. The number of hydrogen-bond donors (Lipinski definition) is 0. The van der Waals surface area contributed by atoms with Crippen LogP contribution in [0.15, 0.2) is 218 Å². The van der Waals surface area contributed by atoms with Crippen LogP contribution in [-0.2, 0) is 0 Å². The zero-order chi connectivity index (χ0) is 50.0. The van der Waals surface area contributed by atoms with Crippen LogP contribution < -0.4 is 0 Å². The predicted molar refractivity (Wildman–Crippen MR) is 277 cm³/mol. The molecule has 0 radical (unpaired) electrons. The Labute approximate surface area is 412 Å². The monoisotopic (exact) mass is 1040 g/mol. The Morgan fingerprint density at radius 3 is 0.557 bits per heavy atom. The molecule has 0 heterocycles. The molecule has 344 valence electrons. The maximum atomic E-state index is 14.7. The Balaban J connectivity index is 0.000000208. The Bertz CT molecular complexity index is 2850. The molecule has 0 N–H and O–H groups in total. The summed E-state index contributed by atoms with van der Waals surface area (Å²) in [7, 11) is 0. The minimum absolute atomic E-state index is 0.190. The summed E-state index contributed by atoms with van der Waals surface area (Å²) >= 11 is -11.1. The van der Waals surface area contributed by atoms with Gasteiger partial charge >= 0.3 is 415 Å². The number of carbonyl (C=O) groups is 8. The topological polar surface area (TPSA) is 137 Å². The van der Waals surface area contributed by atoms with Gasteiger partial charge in [-0.1, -0.05) is 0 Å². The van der Waals surface area contributed by atoms with Crippen molar-refractivity contribution in [3.05, 3.63) is 285 Å². The van der Waals surface area contributed by atoms with Crippen molar-refractivity contribution in [3.63, 3.8) is 0 Å². The molecule has 0 saturated heterocycles. The van der Waals surface area contributed by atoms with Gasteiger partial charge in [0.05, 0.1) is 0 Å². The standard InChI is InChI=1S/C32H28GeO4.C28H20GeO4/c1-21-13-5-9-17-25(21)29(34)33(30(35)26-18-10-6-14-22(26)2,31(36)27-19-11-7-15-23(27)3)32(37)28-20-12-8-16-24(28)4;30-25(21-13-5-1-6-14-21)29(26(31)22-15-7-2-8-16-22,27(32)23-17-9-3-10-18-23)28(33)24-19-11-4-12-20-24/h5-20H,1-4H3;1-20H. The van der Waals surface area contributed by atoms with Crippen LogP contribution in [0.3, 0.4) is 0 Å². The van der Waals surface area contributed by atoms with Crippen molar-refractivity contribution in [2.24, 2.45) is 0 Å². The van der Waals surface area contributed by atoms with Gasteiger partial charge in [-0.05, 0) is 0 Å². The van der Waals surface area contributed by atoms with Crippen molar-refractivity contribution in [2.75, 3.05) is 0 Å². The molecule has 70 heavy (non-hydrogen) atoms. The van der Waals surface area contributed by atoms with Gasteiger partial charge in [0.25, 0.3) is 0 Å². The van der Waals surface area contributed by atoms with Crippen LogP contribution in [0, 0.1) is 27.7 Å². The van der Waals surface area contributed by atoms with Crippen LogP contribution in [-0.4, -0.2) is 63.5 Å². The summed E-state index contributed by atoms with van der Waals surface area (Å²) in [6.45, 7) is 7.04. The molecule has 0 aliphatic carbocycles. The molecule has 0 aliphatic rings. The van der Waals surface area contributed by atoms with E-state index in [1.807, 2.05) is 0 Å². The van der Waals surface area contributed by atoms with Crippen LogP contribution >= 0.6 is 0 Å². The second kappa shape index (κ2) is 22.1. The molecular formula is C60H48Ge2O8. The Kier molecular flexibility index (Phi) is 15.8. The number of rotatable bonds is 16. The van der Waals surface area contributed by atoms with Crippen molar-refractivity contribution >= 4 is 63.5 Å². The minimum atomic E-state index is -5.63. The molecule has 0 aromatic heterocycles. The van der Waals surface area contributed by atoms with E-state index < -0.39 is 63.5 Å². The van der Waals surface area contributed by atoms with E-state index in [0.717, 1.165) is 0 Å². The van der Waals surface area contributed by atoms with Gasteiger partial charge in [-0.2, -0.15) is 0 Å². The van der Waals surface area contributed by atoms with Crippen LogP contribution in [0.4, 0.5) is 0 Å². The number of carbonyl (C=O) groups excluding carboxylic acids is 8. The fourth-order valence-corrected chi connectivity index (χ4v) is 24.5. The number of hydrogen-bond acceptors (Lipinski definition) is 8. The molecule has 8 aromatic carbocycles. The summed E-state index contributed by atoms with van der Waals surface area (Å²) in [6, 6.07) is 60.1. The maximum absolute atomic E-state index is 14.7. The molecule has 0 saturated carbocycles. The average molecular weight is 1040 g/mol. The second-order valence-corrected chi connectivity index (χ2v) is 30.8. The van der Waals surface area contributed by atoms with Gasteiger partial charge in [0, 0.05) is 0 Å². The van der Waals surface area contributed by atoms with E-state index in [1.54, 1.807) is 246 Å². The first-order valence-corrected chi connectivity index (χ1v) is 31.0. The summed E-state index contributed by atoms with van der Waals surface area (Å²) < 4.78 is -5.17. The van der Waals surface area contributed by atoms with Gasteiger partial charge in [0.1, 0.15) is 0 Å². The molecule has 8 rings (SSSR count). The zero-order valence-electron chi connectivity index (χ0n) is 39.1. The molecule has 0 amide bonds. The van der Waals surface area contributed by atoms with Crippen molar-refractivity contribution in [2.45, 2.75) is 27.7 Å². The third kappa shape index (κ3) is 9.61. The fraction of sp³-hybridized carbons (Fsp3) is 0.0667. The van der Waals surface area contributed by atoms with Gasteiger partial charge in [-0.3, -0.25) is 0 Å². The molecule has 10 heteroatoms. The normalized spacial score (nSPS) is 11.0. The van der Waals surface area contributed by atoms with Gasteiger partial charge in [-0.15, -0.1) is 0 Å². The molecule has 0 aliphatic heterocycles. The quantitative estimate of drug-likeness (QED) is 0.0873. The molecule has 0 bridgehead atoms. The molecule has 8 nitrogen and oxygen atoms in total. The number of aryl methyl sites for hydroxylation is 4. The van der Waals surface area contributed by atoms with E-state index in [-0.39, 0.29) is 44.5 Å². The number of benzene rings is 8. The van der Waals surface area contributed by atoms with E-state index in [9.17, 15) is 38.4 Å². The van der Waals surface area contributed by atoms with E-state index in [0.29, 0.717) is 22.3 Å². The van der Waals surface area contributed by atoms with Gasteiger partial charge in [0.2, 0.25) is 0 Å². The molecule has 0 spiro atoms. The first-order valence-electron chi connectivity index (χ1n) is 22.6. The second-order valence-electron chi connectivity index (χ2n) is 16.9. The van der Waals surface area contributed by atoms with Gasteiger partial charge < -0.3 is 0 Å². The summed E-state index contributed by atoms with van der Waals surface area (Å²) in [5.41, 5.74) is 4.22. The Hall–Kier alpha value is -7.79. The van der Waals surface area contributed by atoms with E-state index in [2.05, 4.69) is 0 Å². The van der Waals surface area contributed by atoms with Gasteiger partial charge in [-0.25, -0.2) is 0 Å². The molecular weight excluding hydrogens is 994 g/mol. The summed E-state index contributed by atoms with van der Waals surface area (Å²) in [5.74, 6) is 0. The Morgan fingerprint density at radius 2 is 0.371 bits per heavy atom. The van der Waals surface area contributed by atoms with Crippen LogP contribution in [0.1, 0.15) is 105 Å². The van der Waals surface area contributed by atoms with E-state index >= 15 is 0 Å². The van der Waals surface area contributed by atoms with Gasteiger partial charge in [0.15, 0.2) is 0 Å².